The lowest BCUT2D eigenvalue weighted by Gasteiger charge is -2.12. The van der Waals surface area contributed by atoms with Gasteiger partial charge in [0.05, 0.1) is 10.8 Å². The summed E-state index contributed by atoms with van der Waals surface area (Å²) < 4.78 is 0. The maximum Gasteiger partial charge on any atom is 0.251 e. The zero-order valence-electron chi connectivity index (χ0n) is 15.1. The molecular weight excluding hydrogens is 382 g/mol. The van der Waals surface area contributed by atoms with Gasteiger partial charge in [0.25, 0.3) is 5.91 Å². The molecule has 6 nitrogen and oxygen atoms in total. The minimum absolute atomic E-state index is 0.128. The zero-order chi connectivity index (χ0) is 19.6. The smallest absolute Gasteiger partial charge is 0.251 e. The van der Waals surface area contributed by atoms with E-state index >= 15 is 0 Å². The number of anilines is 2. The summed E-state index contributed by atoms with van der Waals surface area (Å²) in [7, 11) is 0. The molecule has 1 aromatic heterocycles. The van der Waals surface area contributed by atoms with Gasteiger partial charge in [-0.1, -0.05) is 0 Å². The fourth-order valence-electron chi connectivity index (χ4n) is 3.04. The van der Waals surface area contributed by atoms with Crippen molar-refractivity contribution in [3.8, 4) is 0 Å². The highest BCUT2D eigenvalue weighted by Gasteiger charge is 2.27. The van der Waals surface area contributed by atoms with Gasteiger partial charge in [0.15, 0.2) is 0 Å². The molecule has 1 aliphatic carbocycles. The number of fused-ring (bicyclic) bond motifs is 1. The average Bonchev–Trinajstić information content (AvgIpc) is 3.16. The highest BCUT2D eigenvalue weighted by Crippen LogP contribution is 2.39. The topological polar surface area (TPSA) is 101 Å². The maximum atomic E-state index is 12.6. The molecule has 0 unspecified atom stereocenters. The van der Waals surface area contributed by atoms with Crippen molar-refractivity contribution < 1.29 is 14.4 Å². The molecule has 2 aromatic rings. The van der Waals surface area contributed by atoms with E-state index in [4.69, 9.17) is 5.73 Å². The number of aryl methyl sites for hydroxylation is 1. The van der Waals surface area contributed by atoms with Crippen LogP contribution in [0.4, 0.5) is 10.7 Å². The molecule has 0 aliphatic heterocycles. The number of carbonyl (C=O) groups excluding carboxylic acids is 3. The molecule has 8 heteroatoms. The summed E-state index contributed by atoms with van der Waals surface area (Å²) in [5, 5.41) is 5.79. The van der Waals surface area contributed by atoms with Gasteiger partial charge in [0.2, 0.25) is 11.8 Å². The second-order valence-electron chi connectivity index (χ2n) is 6.38. The number of rotatable bonds is 6. The van der Waals surface area contributed by atoms with Crippen LogP contribution >= 0.6 is 23.1 Å². The van der Waals surface area contributed by atoms with Gasteiger partial charge >= 0.3 is 0 Å². The molecule has 4 N–H and O–H groups in total. The van der Waals surface area contributed by atoms with E-state index in [1.807, 2.05) is 19.1 Å². The summed E-state index contributed by atoms with van der Waals surface area (Å²) >= 11 is 2.86. The van der Waals surface area contributed by atoms with Crippen molar-refractivity contribution in [1.29, 1.82) is 0 Å². The molecule has 1 aliphatic rings. The number of carbonyl (C=O) groups is 3. The van der Waals surface area contributed by atoms with Crippen molar-refractivity contribution in [3.63, 3.8) is 0 Å². The molecule has 3 rings (SSSR count). The van der Waals surface area contributed by atoms with Gasteiger partial charge in [-0.3, -0.25) is 14.4 Å². The number of thiophene rings is 1. The SMILES string of the molecule is CC(=O)Nc1ccc(S[C@H](C)C(=O)Nc2sc3c(c2C(N)=O)CCC3)cc1. The van der Waals surface area contributed by atoms with Crippen LogP contribution in [0, 0.1) is 0 Å². The maximum absolute atomic E-state index is 12.6. The Balaban J connectivity index is 1.66. The monoisotopic (exact) mass is 403 g/mol. The normalized spacial score (nSPS) is 13.7. The standard InChI is InChI=1S/C19H21N3O3S2/c1-10(26-13-8-6-12(7-9-13)21-11(2)23)18(25)22-19-16(17(20)24)14-4-3-5-15(14)27-19/h6-10H,3-5H2,1-2H3,(H2,20,24)(H,21,23)(H,22,25)/t10-/m1/s1. The Hall–Kier alpha value is -2.32. The minimum Gasteiger partial charge on any atom is -0.365 e. The fraction of sp³-hybridized carbons (Fsp3) is 0.316. The molecule has 1 heterocycles. The molecular formula is C19H21N3O3S2. The van der Waals surface area contributed by atoms with E-state index in [0.29, 0.717) is 16.3 Å². The van der Waals surface area contributed by atoms with Gasteiger partial charge in [0.1, 0.15) is 5.00 Å². The van der Waals surface area contributed by atoms with E-state index in [1.165, 1.54) is 30.0 Å². The molecule has 0 radical (unpaired) electrons. The Bertz CT molecular complexity index is 890. The second-order valence-corrected chi connectivity index (χ2v) is 8.90. The van der Waals surface area contributed by atoms with Crippen LogP contribution in [0.25, 0.3) is 0 Å². The second kappa shape index (κ2) is 8.14. The predicted molar refractivity (Wildman–Crippen MR) is 110 cm³/mol. The Labute approximate surface area is 165 Å². The zero-order valence-corrected chi connectivity index (χ0v) is 16.8. The van der Waals surface area contributed by atoms with Crippen molar-refractivity contribution >= 4 is 51.5 Å². The van der Waals surface area contributed by atoms with Crippen molar-refractivity contribution in [2.75, 3.05) is 10.6 Å². The van der Waals surface area contributed by atoms with E-state index in [9.17, 15) is 14.4 Å². The van der Waals surface area contributed by atoms with E-state index in [-0.39, 0.29) is 17.1 Å². The van der Waals surface area contributed by atoms with Crippen molar-refractivity contribution in [1.82, 2.24) is 0 Å². The Morgan fingerprint density at radius 1 is 1.15 bits per heavy atom. The number of nitrogens with one attached hydrogen (secondary N) is 2. The molecule has 3 amide bonds. The van der Waals surface area contributed by atoms with Crippen LogP contribution in [0.3, 0.4) is 0 Å². The summed E-state index contributed by atoms with van der Waals surface area (Å²) in [6.07, 6.45) is 2.79. The molecule has 1 aromatic carbocycles. The number of hydrogen-bond acceptors (Lipinski definition) is 5. The molecule has 0 saturated carbocycles. The summed E-state index contributed by atoms with van der Waals surface area (Å²) in [6, 6.07) is 7.30. The summed E-state index contributed by atoms with van der Waals surface area (Å²) in [4.78, 5) is 37.6. The molecule has 0 saturated heterocycles. The largest absolute Gasteiger partial charge is 0.365 e. The van der Waals surface area contributed by atoms with Gasteiger partial charge in [-0.05, 0) is 56.0 Å². The van der Waals surface area contributed by atoms with Crippen molar-refractivity contribution in [2.45, 2.75) is 43.3 Å². The summed E-state index contributed by atoms with van der Waals surface area (Å²) in [6.45, 7) is 3.27. The summed E-state index contributed by atoms with van der Waals surface area (Å²) in [5.74, 6) is -0.789. The van der Waals surface area contributed by atoms with Gasteiger partial charge in [-0.25, -0.2) is 0 Å². The van der Waals surface area contributed by atoms with E-state index < -0.39 is 5.91 Å². The minimum atomic E-state index is -0.487. The molecule has 0 bridgehead atoms. The molecule has 0 spiro atoms. The van der Waals surface area contributed by atoms with Crippen LogP contribution in [0.15, 0.2) is 29.2 Å². The highest BCUT2D eigenvalue weighted by atomic mass is 32.2. The number of thioether (sulfide) groups is 1. The first-order valence-electron chi connectivity index (χ1n) is 8.64. The average molecular weight is 404 g/mol. The van der Waals surface area contributed by atoms with Crippen LogP contribution in [0.5, 0.6) is 0 Å². The first kappa shape index (κ1) is 19.4. The quantitative estimate of drug-likeness (QED) is 0.643. The number of hydrogen-bond donors (Lipinski definition) is 3. The highest BCUT2D eigenvalue weighted by molar-refractivity contribution is 8.00. The molecule has 27 heavy (non-hydrogen) atoms. The van der Waals surface area contributed by atoms with Gasteiger partial charge in [0, 0.05) is 22.4 Å². The van der Waals surface area contributed by atoms with Gasteiger partial charge < -0.3 is 16.4 Å². The third-order valence-electron chi connectivity index (χ3n) is 4.26. The number of amides is 3. The number of nitrogens with two attached hydrogens (primary N) is 1. The molecule has 142 valence electrons. The first-order valence-corrected chi connectivity index (χ1v) is 10.3. The van der Waals surface area contributed by atoms with Crippen LogP contribution in [0.2, 0.25) is 0 Å². The fourth-order valence-corrected chi connectivity index (χ4v) is 5.21. The first-order chi connectivity index (χ1) is 12.8. The Kier molecular flexibility index (Phi) is 5.86. The van der Waals surface area contributed by atoms with E-state index in [0.717, 1.165) is 34.6 Å². The van der Waals surface area contributed by atoms with Crippen LogP contribution in [-0.2, 0) is 22.4 Å². The van der Waals surface area contributed by atoms with Crippen LogP contribution in [-0.4, -0.2) is 23.0 Å². The Morgan fingerprint density at radius 3 is 2.48 bits per heavy atom. The lowest BCUT2D eigenvalue weighted by molar-refractivity contribution is -0.115. The van der Waals surface area contributed by atoms with Crippen LogP contribution in [0.1, 0.15) is 41.1 Å². The summed E-state index contributed by atoms with van der Waals surface area (Å²) in [5.41, 5.74) is 7.72. The van der Waals surface area contributed by atoms with Crippen molar-refractivity contribution in [3.05, 3.63) is 40.3 Å². The van der Waals surface area contributed by atoms with Crippen molar-refractivity contribution in [2.24, 2.45) is 5.73 Å². The van der Waals surface area contributed by atoms with Gasteiger partial charge in [-0.2, -0.15) is 0 Å². The van der Waals surface area contributed by atoms with Crippen LogP contribution < -0.4 is 16.4 Å². The lowest BCUT2D eigenvalue weighted by atomic mass is 10.1. The predicted octanol–water partition coefficient (Wildman–Crippen LogP) is 3.41. The third-order valence-corrected chi connectivity index (χ3v) is 6.58. The third kappa shape index (κ3) is 4.51. The number of benzene rings is 1. The van der Waals surface area contributed by atoms with Gasteiger partial charge in [-0.15, -0.1) is 23.1 Å². The number of primary amides is 1. The van der Waals surface area contributed by atoms with E-state index in [1.54, 1.807) is 12.1 Å². The molecule has 1 atom stereocenters. The Morgan fingerprint density at radius 2 is 1.85 bits per heavy atom. The lowest BCUT2D eigenvalue weighted by Crippen LogP contribution is -2.24. The molecule has 0 fully saturated rings. The van der Waals surface area contributed by atoms with E-state index in [2.05, 4.69) is 10.6 Å².